The molecule has 0 aliphatic carbocycles. The van der Waals surface area contributed by atoms with E-state index in [0.29, 0.717) is 5.69 Å². The third-order valence-corrected chi connectivity index (χ3v) is 4.73. The van der Waals surface area contributed by atoms with Gasteiger partial charge in [0.05, 0.1) is 18.0 Å². The average Bonchev–Trinajstić information content (AvgIpc) is 2.56. The fraction of sp³-hybridized carbons (Fsp3) is 0.176. The number of para-hydroxylation sites is 1. The number of amides is 2. The first-order chi connectivity index (χ1) is 11.2. The summed E-state index contributed by atoms with van der Waals surface area (Å²) < 4.78 is 5.07. The molecule has 2 amide bonds. The van der Waals surface area contributed by atoms with Crippen LogP contribution < -0.4 is 15.4 Å². The number of benzene rings is 2. The second-order valence-corrected chi connectivity index (χ2v) is 6.32. The molecular formula is C17H16N2O3S. The SMILES string of the molecule is COc1ccc(NC(=O)C[C@@H]2Sc3ccccc3NC2=O)cc1. The Morgan fingerprint density at radius 2 is 1.96 bits per heavy atom. The molecule has 3 rings (SSSR count). The summed E-state index contributed by atoms with van der Waals surface area (Å²) in [5.41, 5.74) is 1.48. The first kappa shape index (κ1) is 15.4. The molecule has 2 N–H and O–H groups in total. The molecule has 0 unspecified atom stereocenters. The van der Waals surface area contributed by atoms with Crippen LogP contribution in [0, 0.1) is 0 Å². The van der Waals surface area contributed by atoms with Crippen LogP contribution in [0.15, 0.2) is 53.4 Å². The van der Waals surface area contributed by atoms with Gasteiger partial charge in [-0.3, -0.25) is 9.59 Å². The van der Waals surface area contributed by atoms with Crippen molar-refractivity contribution < 1.29 is 14.3 Å². The molecule has 0 fully saturated rings. The third-order valence-electron chi connectivity index (χ3n) is 3.45. The van der Waals surface area contributed by atoms with Crippen molar-refractivity contribution in [1.29, 1.82) is 0 Å². The lowest BCUT2D eigenvalue weighted by atomic mass is 10.2. The van der Waals surface area contributed by atoms with E-state index in [1.54, 1.807) is 31.4 Å². The molecule has 1 aliphatic rings. The van der Waals surface area contributed by atoms with Crippen LogP contribution in [0.25, 0.3) is 0 Å². The van der Waals surface area contributed by atoms with E-state index < -0.39 is 5.25 Å². The molecule has 0 saturated heterocycles. The lowest BCUT2D eigenvalue weighted by Gasteiger charge is -2.23. The summed E-state index contributed by atoms with van der Waals surface area (Å²) in [6, 6.07) is 14.7. The molecule has 0 bridgehead atoms. The van der Waals surface area contributed by atoms with Crippen LogP contribution in [0.4, 0.5) is 11.4 Å². The van der Waals surface area contributed by atoms with E-state index in [2.05, 4.69) is 10.6 Å². The summed E-state index contributed by atoms with van der Waals surface area (Å²) >= 11 is 1.42. The highest BCUT2D eigenvalue weighted by Crippen LogP contribution is 2.36. The van der Waals surface area contributed by atoms with Gasteiger partial charge in [0.1, 0.15) is 5.75 Å². The topological polar surface area (TPSA) is 67.4 Å². The van der Waals surface area contributed by atoms with Crippen LogP contribution in [0.1, 0.15) is 6.42 Å². The molecule has 0 spiro atoms. The van der Waals surface area contributed by atoms with E-state index >= 15 is 0 Å². The molecule has 1 atom stereocenters. The molecule has 0 radical (unpaired) electrons. The molecule has 1 aliphatic heterocycles. The standard InChI is InChI=1S/C17H16N2O3S/c1-22-12-8-6-11(7-9-12)18-16(20)10-15-17(21)19-13-4-2-3-5-14(13)23-15/h2-9,15H,10H2,1H3,(H,18,20)(H,19,21)/t15-/m0/s1. The Hall–Kier alpha value is -2.47. The summed E-state index contributed by atoms with van der Waals surface area (Å²) in [5, 5.41) is 5.21. The number of ether oxygens (including phenoxy) is 1. The van der Waals surface area contributed by atoms with Gasteiger partial charge >= 0.3 is 0 Å². The predicted octanol–water partition coefficient (Wildman–Crippen LogP) is 3.14. The monoisotopic (exact) mass is 328 g/mol. The predicted molar refractivity (Wildman–Crippen MR) is 91.0 cm³/mol. The first-order valence-electron chi connectivity index (χ1n) is 7.16. The van der Waals surface area contributed by atoms with Crippen molar-refractivity contribution in [2.24, 2.45) is 0 Å². The Morgan fingerprint density at radius 3 is 2.70 bits per heavy atom. The lowest BCUT2D eigenvalue weighted by molar-refractivity contribution is -0.120. The Morgan fingerprint density at radius 1 is 1.22 bits per heavy atom. The zero-order valence-corrected chi connectivity index (χ0v) is 13.4. The minimum absolute atomic E-state index is 0.122. The summed E-state index contributed by atoms with van der Waals surface area (Å²) in [4.78, 5) is 25.2. The maximum absolute atomic E-state index is 12.2. The quantitative estimate of drug-likeness (QED) is 0.905. The van der Waals surface area contributed by atoms with Crippen LogP contribution in [-0.2, 0) is 9.59 Å². The van der Waals surface area contributed by atoms with Crippen LogP contribution in [0.3, 0.4) is 0 Å². The minimum atomic E-state index is -0.428. The van der Waals surface area contributed by atoms with Crippen molar-refractivity contribution in [2.45, 2.75) is 16.6 Å². The molecule has 1 heterocycles. The largest absolute Gasteiger partial charge is 0.497 e. The van der Waals surface area contributed by atoms with E-state index in [4.69, 9.17) is 4.74 Å². The van der Waals surface area contributed by atoms with Crippen molar-refractivity contribution >= 4 is 35.0 Å². The van der Waals surface area contributed by atoms with Gasteiger partial charge in [-0.25, -0.2) is 0 Å². The number of thioether (sulfide) groups is 1. The molecule has 0 saturated carbocycles. The summed E-state index contributed by atoms with van der Waals surface area (Å²) in [6.07, 6.45) is 0.122. The zero-order chi connectivity index (χ0) is 16.2. The van der Waals surface area contributed by atoms with Crippen molar-refractivity contribution in [3.05, 3.63) is 48.5 Å². The van der Waals surface area contributed by atoms with Gasteiger partial charge in [0.25, 0.3) is 0 Å². The third kappa shape index (κ3) is 3.65. The highest BCUT2D eigenvalue weighted by molar-refractivity contribution is 8.01. The first-order valence-corrected chi connectivity index (χ1v) is 8.04. The molecule has 118 valence electrons. The van der Waals surface area contributed by atoms with E-state index in [1.807, 2.05) is 24.3 Å². The second kappa shape index (κ2) is 6.75. The Labute approximate surface area is 138 Å². The highest BCUT2D eigenvalue weighted by Gasteiger charge is 2.28. The number of carbonyl (C=O) groups is 2. The van der Waals surface area contributed by atoms with E-state index in [9.17, 15) is 9.59 Å². The molecular weight excluding hydrogens is 312 g/mol. The number of methoxy groups -OCH3 is 1. The number of carbonyl (C=O) groups excluding carboxylic acids is 2. The van der Waals surface area contributed by atoms with E-state index in [-0.39, 0.29) is 18.2 Å². The number of nitrogens with one attached hydrogen (secondary N) is 2. The zero-order valence-electron chi connectivity index (χ0n) is 12.5. The number of anilines is 2. The van der Waals surface area contributed by atoms with Crippen LogP contribution in [0.2, 0.25) is 0 Å². The number of rotatable bonds is 4. The van der Waals surface area contributed by atoms with Crippen molar-refractivity contribution in [3.8, 4) is 5.75 Å². The number of fused-ring (bicyclic) bond motifs is 1. The number of hydrogen-bond donors (Lipinski definition) is 2. The van der Waals surface area contributed by atoms with Crippen molar-refractivity contribution in [2.75, 3.05) is 17.7 Å². The fourth-order valence-electron chi connectivity index (χ4n) is 2.28. The molecule has 2 aromatic rings. The van der Waals surface area contributed by atoms with Crippen molar-refractivity contribution in [3.63, 3.8) is 0 Å². The maximum Gasteiger partial charge on any atom is 0.238 e. The van der Waals surface area contributed by atoms with Crippen LogP contribution in [0.5, 0.6) is 5.75 Å². The lowest BCUT2D eigenvalue weighted by Crippen LogP contribution is -2.32. The van der Waals surface area contributed by atoms with Crippen LogP contribution >= 0.6 is 11.8 Å². The molecule has 2 aromatic carbocycles. The van der Waals surface area contributed by atoms with Crippen LogP contribution in [-0.4, -0.2) is 24.2 Å². The minimum Gasteiger partial charge on any atom is -0.497 e. The van der Waals surface area contributed by atoms with Gasteiger partial charge in [0.2, 0.25) is 11.8 Å². The smallest absolute Gasteiger partial charge is 0.238 e. The molecule has 0 aromatic heterocycles. The second-order valence-electron chi connectivity index (χ2n) is 5.07. The molecule has 5 nitrogen and oxygen atoms in total. The van der Waals surface area contributed by atoms with Gasteiger partial charge in [-0.05, 0) is 36.4 Å². The highest BCUT2D eigenvalue weighted by atomic mass is 32.2. The summed E-state index contributed by atoms with van der Waals surface area (Å²) in [7, 11) is 1.59. The summed E-state index contributed by atoms with van der Waals surface area (Å²) in [6.45, 7) is 0. The van der Waals surface area contributed by atoms with Gasteiger partial charge in [0, 0.05) is 17.0 Å². The average molecular weight is 328 g/mol. The fourth-order valence-corrected chi connectivity index (χ4v) is 3.39. The van der Waals surface area contributed by atoms with Gasteiger partial charge in [0.15, 0.2) is 0 Å². The Bertz CT molecular complexity index is 731. The molecule has 23 heavy (non-hydrogen) atoms. The van der Waals surface area contributed by atoms with Gasteiger partial charge in [-0.2, -0.15) is 0 Å². The summed E-state index contributed by atoms with van der Waals surface area (Å²) in [5.74, 6) is 0.391. The molecule has 6 heteroatoms. The van der Waals surface area contributed by atoms with E-state index in [1.165, 1.54) is 11.8 Å². The Kier molecular flexibility index (Phi) is 4.52. The maximum atomic E-state index is 12.2. The number of hydrogen-bond acceptors (Lipinski definition) is 4. The van der Waals surface area contributed by atoms with Gasteiger partial charge in [-0.1, -0.05) is 12.1 Å². The normalized spacial score (nSPS) is 16.2. The van der Waals surface area contributed by atoms with Crippen molar-refractivity contribution in [1.82, 2.24) is 0 Å². The van der Waals surface area contributed by atoms with E-state index in [0.717, 1.165) is 16.3 Å². The Balaban J connectivity index is 1.62. The van der Waals surface area contributed by atoms with Gasteiger partial charge < -0.3 is 15.4 Å². The van der Waals surface area contributed by atoms with Gasteiger partial charge in [-0.15, -0.1) is 11.8 Å².